The van der Waals surface area contributed by atoms with Gasteiger partial charge < -0.3 is 14.9 Å². The summed E-state index contributed by atoms with van der Waals surface area (Å²) in [5.41, 5.74) is 4.05. The lowest BCUT2D eigenvalue weighted by molar-refractivity contribution is -0.141. The van der Waals surface area contributed by atoms with Crippen molar-refractivity contribution in [2.45, 2.75) is 19.0 Å². The monoisotopic (exact) mass is 310 g/mol. The number of aromatic nitrogens is 2. The molecule has 0 fully saturated rings. The summed E-state index contributed by atoms with van der Waals surface area (Å²) in [5, 5.41) is 14.6. The van der Waals surface area contributed by atoms with Crippen LogP contribution in [0.25, 0.3) is 0 Å². The fourth-order valence-electron chi connectivity index (χ4n) is 2.35. The summed E-state index contributed by atoms with van der Waals surface area (Å²) in [7, 11) is 0. The molecular formula is C13H9F3N4O2. The molecule has 0 aliphatic carbocycles. The molecule has 0 radical (unpaired) electrons. The zero-order chi connectivity index (χ0) is 16.1. The predicted octanol–water partition coefficient (Wildman–Crippen LogP) is 2.55. The van der Waals surface area contributed by atoms with Crippen LogP contribution in [0.15, 0.2) is 28.0 Å². The first-order valence-corrected chi connectivity index (χ1v) is 6.12. The van der Waals surface area contributed by atoms with Gasteiger partial charge in [0, 0.05) is 0 Å². The fraction of sp³-hybridized carbons (Fsp3) is 0.231. The van der Waals surface area contributed by atoms with Gasteiger partial charge in [0.2, 0.25) is 11.8 Å². The van der Waals surface area contributed by atoms with Crippen molar-refractivity contribution < 1.29 is 22.3 Å². The third-order valence-corrected chi connectivity index (χ3v) is 3.27. The van der Waals surface area contributed by atoms with Gasteiger partial charge in [0.25, 0.3) is 0 Å². The van der Waals surface area contributed by atoms with Crippen molar-refractivity contribution in [3.63, 3.8) is 0 Å². The highest BCUT2D eigenvalue weighted by Gasteiger charge is 2.45. The predicted molar refractivity (Wildman–Crippen MR) is 66.3 cm³/mol. The Morgan fingerprint density at radius 2 is 2.14 bits per heavy atom. The lowest BCUT2D eigenvalue weighted by atomic mass is 9.88. The van der Waals surface area contributed by atoms with E-state index in [1.807, 2.05) is 5.10 Å². The molecule has 1 atom stereocenters. The number of allylic oxidation sites excluding steroid dienone is 1. The minimum Gasteiger partial charge on any atom is -0.465 e. The van der Waals surface area contributed by atoms with Crippen LogP contribution in [0.3, 0.4) is 0 Å². The Hall–Kier alpha value is -2.89. The molecule has 3 rings (SSSR count). The van der Waals surface area contributed by atoms with E-state index in [1.165, 1.54) is 6.07 Å². The highest BCUT2D eigenvalue weighted by atomic mass is 19.4. The van der Waals surface area contributed by atoms with Gasteiger partial charge in [-0.15, -0.1) is 5.10 Å². The Balaban J connectivity index is 2.27. The van der Waals surface area contributed by atoms with Crippen molar-refractivity contribution in [3.8, 4) is 11.9 Å². The maximum absolute atomic E-state index is 13.1. The molecule has 1 aliphatic rings. The molecule has 3 heterocycles. The lowest BCUT2D eigenvalue weighted by Crippen LogP contribution is -2.22. The van der Waals surface area contributed by atoms with E-state index in [1.54, 1.807) is 19.1 Å². The van der Waals surface area contributed by atoms with Gasteiger partial charge in [0.1, 0.15) is 28.9 Å². The molecule has 114 valence electrons. The Labute approximate surface area is 122 Å². The number of fused-ring (bicyclic) bond motifs is 1. The third-order valence-electron chi connectivity index (χ3n) is 3.27. The Kier molecular flexibility index (Phi) is 2.91. The summed E-state index contributed by atoms with van der Waals surface area (Å²) in [6, 6.07) is 4.86. The molecule has 0 saturated carbocycles. The van der Waals surface area contributed by atoms with E-state index in [0.717, 1.165) is 0 Å². The first-order chi connectivity index (χ1) is 10.3. The summed E-state index contributed by atoms with van der Waals surface area (Å²) >= 11 is 0. The number of halogens is 3. The number of hydrogen-bond donors (Lipinski definition) is 2. The number of alkyl halides is 3. The van der Waals surface area contributed by atoms with Crippen LogP contribution in [-0.2, 0) is 6.18 Å². The second-order valence-corrected chi connectivity index (χ2v) is 4.69. The quantitative estimate of drug-likeness (QED) is 0.843. The van der Waals surface area contributed by atoms with Crippen molar-refractivity contribution in [1.29, 1.82) is 5.26 Å². The second kappa shape index (κ2) is 4.56. The average molecular weight is 310 g/mol. The van der Waals surface area contributed by atoms with Crippen LogP contribution in [0.4, 0.5) is 13.2 Å². The van der Waals surface area contributed by atoms with Crippen LogP contribution in [-0.4, -0.2) is 10.2 Å². The molecule has 1 unspecified atom stereocenters. The van der Waals surface area contributed by atoms with Crippen LogP contribution < -0.4 is 10.5 Å². The van der Waals surface area contributed by atoms with Crippen LogP contribution in [0, 0.1) is 18.3 Å². The van der Waals surface area contributed by atoms with E-state index < -0.39 is 17.8 Å². The number of furan rings is 1. The standard InChI is InChI=1S/C13H9F3N4O2/c1-5-2-3-7(21-5)8-6(4-17)11(18)22-12-9(8)10(19-20-12)13(14,15)16/h2-3,8H,18H2,1H3,(H,19,20). The molecule has 0 bridgehead atoms. The summed E-state index contributed by atoms with van der Waals surface area (Å²) in [6.45, 7) is 1.64. The number of nitrogens with zero attached hydrogens (tertiary/aromatic N) is 2. The molecule has 2 aromatic heterocycles. The van der Waals surface area contributed by atoms with E-state index in [0.29, 0.717) is 5.76 Å². The summed E-state index contributed by atoms with van der Waals surface area (Å²) in [4.78, 5) is 0. The number of H-pyrrole nitrogens is 1. The van der Waals surface area contributed by atoms with Gasteiger partial charge in [-0.1, -0.05) is 0 Å². The molecule has 2 aromatic rings. The molecule has 0 spiro atoms. The normalized spacial score (nSPS) is 17.9. The number of ether oxygens (including phenoxy) is 1. The van der Waals surface area contributed by atoms with Gasteiger partial charge in [-0.3, -0.25) is 5.10 Å². The summed E-state index contributed by atoms with van der Waals surface area (Å²) in [6.07, 6.45) is -4.68. The molecule has 9 heteroatoms. The summed E-state index contributed by atoms with van der Waals surface area (Å²) < 4.78 is 49.8. The van der Waals surface area contributed by atoms with Crippen LogP contribution in [0.1, 0.15) is 28.7 Å². The number of aryl methyl sites for hydroxylation is 1. The minimum absolute atomic E-state index is 0.159. The number of aromatic amines is 1. The smallest absolute Gasteiger partial charge is 0.433 e. The molecule has 1 aliphatic heterocycles. The molecule has 3 N–H and O–H groups in total. The van der Waals surface area contributed by atoms with Crippen molar-refractivity contribution in [2.24, 2.45) is 5.73 Å². The average Bonchev–Trinajstić information content (AvgIpc) is 3.02. The van der Waals surface area contributed by atoms with Gasteiger partial charge in [-0.25, -0.2) is 0 Å². The van der Waals surface area contributed by atoms with Gasteiger partial charge in [0.05, 0.1) is 11.5 Å². The number of nitrogens with one attached hydrogen (secondary N) is 1. The third kappa shape index (κ3) is 2.00. The first kappa shape index (κ1) is 14.1. The van der Waals surface area contributed by atoms with Crippen LogP contribution >= 0.6 is 0 Å². The van der Waals surface area contributed by atoms with Gasteiger partial charge in [0.15, 0.2) is 0 Å². The van der Waals surface area contributed by atoms with Crippen molar-refractivity contribution in [2.75, 3.05) is 0 Å². The minimum atomic E-state index is -4.68. The molecular weight excluding hydrogens is 301 g/mol. The van der Waals surface area contributed by atoms with E-state index in [-0.39, 0.29) is 28.7 Å². The van der Waals surface area contributed by atoms with E-state index in [9.17, 15) is 18.4 Å². The van der Waals surface area contributed by atoms with Gasteiger partial charge in [-0.2, -0.15) is 18.4 Å². The number of nitrogens with two attached hydrogens (primary N) is 1. The summed E-state index contributed by atoms with van der Waals surface area (Å²) in [5.74, 6) is -1.08. The maximum atomic E-state index is 13.1. The molecule has 0 saturated heterocycles. The number of nitriles is 1. The topological polar surface area (TPSA) is 101 Å². The van der Waals surface area contributed by atoms with Crippen molar-refractivity contribution in [1.82, 2.24) is 10.2 Å². The number of rotatable bonds is 1. The SMILES string of the molecule is Cc1ccc(C2C(C#N)=C(N)Oc3n[nH]c(C(F)(F)F)c32)o1. The van der Waals surface area contributed by atoms with Crippen molar-refractivity contribution in [3.05, 3.63) is 46.4 Å². The van der Waals surface area contributed by atoms with Crippen molar-refractivity contribution >= 4 is 0 Å². The molecule has 22 heavy (non-hydrogen) atoms. The van der Waals surface area contributed by atoms with E-state index in [2.05, 4.69) is 5.10 Å². The van der Waals surface area contributed by atoms with Crippen LogP contribution in [0.2, 0.25) is 0 Å². The molecule has 6 nitrogen and oxygen atoms in total. The zero-order valence-electron chi connectivity index (χ0n) is 11.2. The fourth-order valence-corrected chi connectivity index (χ4v) is 2.35. The first-order valence-electron chi connectivity index (χ1n) is 6.12. The highest BCUT2D eigenvalue weighted by Crippen LogP contribution is 2.47. The zero-order valence-corrected chi connectivity index (χ0v) is 11.2. The molecule has 0 amide bonds. The second-order valence-electron chi connectivity index (χ2n) is 4.69. The van der Waals surface area contributed by atoms with E-state index in [4.69, 9.17) is 14.9 Å². The largest absolute Gasteiger partial charge is 0.465 e. The highest BCUT2D eigenvalue weighted by molar-refractivity contribution is 5.53. The van der Waals surface area contributed by atoms with Crippen LogP contribution in [0.5, 0.6) is 5.88 Å². The Bertz CT molecular complexity index is 810. The Morgan fingerprint density at radius 3 is 2.68 bits per heavy atom. The lowest BCUT2D eigenvalue weighted by Gasteiger charge is -2.22. The molecule has 0 aromatic carbocycles. The maximum Gasteiger partial charge on any atom is 0.433 e. The number of hydrogen-bond acceptors (Lipinski definition) is 5. The van der Waals surface area contributed by atoms with E-state index >= 15 is 0 Å². The van der Waals surface area contributed by atoms with Gasteiger partial charge in [-0.05, 0) is 19.1 Å². The van der Waals surface area contributed by atoms with Gasteiger partial charge >= 0.3 is 6.18 Å². The Morgan fingerprint density at radius 1 is 1.41 bits per heavy atom.